The molecule has 116 valence electrons. The molecule has 2 N–H and O–H groups in total. The highest BCUT2D eigenvalue weighted by Crippen LogP contribution is 2.31. The van der Waals surface area contributed by atoms with Crippen molar-refractivity contribution in [3.8, 4) is 0 Å². The summed E-state index contributed by atoms with van der Waals surface area (Å²) in [6.45, 7) is 1.76. The van der Waals surface area contributed by atoms with Crippen LogP contribution < -0.4 is 5.32 Å². The first-order chi connectivity index (χ1) is 10.7. The summed E-state index contributed by atoms with van der Waals surface area (Å²) in [6.07, 6.45) is 5.46. The summed E-state index contributed by atoms with van der Waals surface area (Å²) in [5.74, 6) is 1.78. The van der Waals surface area contributed by atoms with Gasteiger partial charge in [0.2, 0.25) is 0 Å². The Hall–Kier alpha value is -1.82. The molecule has 1 aromatic heterocycles. The number of thioether (sulfide) groups is 1. The fraction of sp³-hybridized carbons (Fsp3) is 0.438. The van der Waals surface area contributed by atoms with Crippen LogP contribution in [0.4, 0.5) is 5.69 Å². The molecule has 1 aliphatic carbocycles. The van der Waals surface area contributed by atoms with E-state index >= 15 is 0 Å². The monoisotopic (exact) mass is 316 g/mol. The number of carbonyl (C=O) groups is 1. The molecule has 2 aromatic rings. The molecule has 3 rings (SSSR count). The molecule has 0 unspecified atom stereocenters. The third kappa shape index (κ3) is 3.68. The predicted molar refractivity (Wildman–Crippen MR) is 88.2 cm³/mol. The van der Waals surface area contributed by atoms with Crippen LogP contribution in [0.1, 0.15) is 41.9 Å². The fourth-order valence-corrected chi connectivity index (χ4v) is 3.89. The zero-order chi connectivity index (χ0) is 15.4. The molecular weight excluding hydrogens is 296 g/mol. The van der Waals surface area contributed by atoms with Crippen molar-refractivity contribution in [2.24, 2.45) is 5.92 Å². The van der Waals surface area contributed by atoms with Gasteiger partial charge >= 0.3 is 0 Å². The van der Waals surface area contributed by atoms with Crippen molar-refractivity contribution in [3.05, 3.63) is 35.7 Å². The van der Waals surface area contributed by atoms with E-state index in [2.05, 4.69) is 26.8 Å². The zero-order valence-electron chi connectivity index (χ0n) is 12.6. The molecule has 0 bridgehead atoms. The van der Waals surface area contributed by atoms with Crippen LogP contribution in [0.25, 0.3) is 0 Å². The van der Waals surface area contributed by atoms with Crippen LogP contribution >= 0.6 is 11.8 Å². The quantitative estimate of drug-likeness (QED) is 0.826. The summed E-state index contributed by atoms with van der Waals surface area (Å²) in [5, 5.41) is 13.1. The van der Waals surface area contributed by atoms with Crippen LogP contribution in [0.15, 0.2) is 29.2 Å². The first kappa shape index (κ1) is 15.1. The smallest absolute Gasteiger partial charge is 0.278 e. The number of anilines is 1. The van der Waals surface area contributed by atoms with Crippen molar-refractivity contribution in [1.82, 2.24) is 15.4 Å². The van der Waals surface area contributed by atoms with Gasteiger partial charge in [0.25, 0.3) is 5.91 Å². The highest BCUT2D eigenvalue weighted by atomic mass is 32.2. The SMILES string of the molecule is Cc1n[nH]nc1C(=O)Nc1cccc(SCC2CCCC2)c1. The number of aromatic amines is 1. The molecule has 1 aliphatic rings. The first-order valence-electron chi connectivity index (χ1n) is 7.64. The van der Waals surface area contributed by atoms with Gasteiger partial charge in [0, 0.05) is 16.3 Å². The molecule has 0 saturated heterocycles. The Balaban J connectivity index is 1.61. The van der Waals surface area contributed by atoms with Crippen LogP contribution in [0.5, 0.6) is 0 Å². The third-order valence-electron chi connectivity index (χ3n) is 3.99. The Morgan fingerprint density at radius 1 is 1.36 bits per heavy atom. The molecule has 6 heteroatoms. The highest BCUT2D eigenvalue weighted by Gasteiger charge is 2.16. The standard InChI is InChI=1S/C16H20N4OS/c1-11-15(19-20-18-11)16(21)17-13-7-4-8-14(9-13)22-10-12-5-2-3-6-12/h4,7-9,12H,2-3,5-6,10H2,1H3,(H,17,21)(H,18,19,20). The number of aryl methyl sites for hydroxylation is 1. The van der Waals surface area contributed by atoms with Crippen molar-refractivity contribution < 1.29 is 4.79 Å². The summed E-state index contributed by atoms with van der Waals surface area (Å²) in [5.41, 5.74) is 1.73. The number of hydrogen-bond donors (Lipinski definition) is 2. The van der Waals surface area contributed by atoms with Crippen LogP contribution in [-0.2, 0) is 0 Å². The summed E-state index contributed by atoms with van der Waals surface area (Å²) < 4.78 is 0. The van der Waals surface area contributed by atoms with E-state index in [0.717, 1.165) is 11.6 Å². The average molecular weight is 316 g/mol. The minimum absolute atomic E-state index is 0.232. The molecule has 0 atom stereocenters. The van der Waals surface area contributed by atoms with Gasteiger partial charge in [0.15, 0.2) is 5.69 Å². The molecule has 5 nitrogen and oxygen atoms in total. The molecule has 1 amide bonds. The van der Waals surface area contributed by atoms with E-state index in [4.69, 9.17) is 0 Å². The minimum Gasteiger partial charge on any atom is -0.320 e. The molecule has 1 fully saturated rings. The maximum absolute atomic E-state index is 12.1. The lowest BCUT2D eigenvalue weighted by Crippen LogP contribution is -2.13. The fourth-order valence-electron chi connectivity index (χ4n) is 2.74. The van der Waals surface area contributed by atoms with Crippen LogP contribution in [-0.4, -0.2) is 27.1 Å². The number of hydrogen-bond acceptors (Lipinski definition) is 4. The Morgan fingerprint density at radius 2 is 2.18 bits per heavy atom. The van der Waals surface area contributed by atoms with Crippen molar-refractivity contribution in [1.29, 1.82) is 0 Å². The Labute approximate surface area is 134 Å². The maximum atomic E-state index is 12.1. The number of nitrogens with zero attached hydrogens (tertiary/aromatic N) is 2. The van der Waals surface area contributed by atoms with Gasteiger partial charge in [-0.1, -0.05) is 18.9 Å². The summed E-state index contributed by atoms with van der Waals surface area (Å²) in [4.78, 5) is 13.3. The largest absolute Gasteiger partial charge is 0.320 e. The van der Waals surface area contributed by atoms with Gasteiger partial charge < -0.3 is 5.32 Å². The van der Waals surface area contributed by atoms with Crippen LogP contribution in [0.3, 0.4) is 0 Å². The van der Waals surface area contributed by atoms with E-state index in [1.54, 1.807) is 6.92 Å². The molecule has 0 radical (unpaired) electrons. The number of benzene rings is 1. The lowest BCUT2D eigenvalue weighted by atomic mass is 10.1. The van der Waals surface area contributed by atoms with E-state index in [-0.39, 0.29) is 5.91 Å². The molecule has 22 heavy (non-hydrogen) atoms. The highest BCUT2D eigenvalue weighted by molar-refractivity contribution is 7.99. The van der Waals surface area contributed by atoms with E-state index in [1.807, 2.05) is 30.0 Å². The van der Waals surface area contributed by atoms with Crippen LogP contribution in [0, 0.1) is 12.8 Å². The van der Waals surface area contributed by atoms with E-state index in [1.165, 1.54) is 36.3 Å². The topological polar surface area (TPSA) is 70.7 Å². The van der Waals surface area contributed by atoms with Gasteiger partial charge in [-0.3, -0.25) is 4.79 Å². The van der Waals surface area contributed by atoms with Gasteiger partial charge in [-0.05, 0) is 43.9 Å². The minimum atomic E-state index is -0.232. The number of nitrogens with one attached hydrogen (secondary N) is 2. The van der Waals surface area contributed by atoms with E-state index in [0.29, 0.717) is 11.4 Å². The lowest BCUT2D eigenvalue weighted by Gasteiger charge is -2.09. The van der Waals surface area contributed by atoms with Crippen molar-refractivity contribution >= 4 is 23.4 Å². The van der Waals surface area contributed by atoms with E-state index in [9.17, 15) is 4.79 Å². The van der Waals surface area contributed by atoms with Crippen LogP contribution in [0.2, 0.25) is 0 Å². The van der Waals surface area contributed by atoms with Gasteiger partial charge in [-0.2, -0.15) is 15.4 Å². The molecule has 1 heterocycles. The molecule has 0 spiro atoms. The van der Waals surface area contributed by atoms with Gasteiger partial charge in [-0.15, -0.1) is 11.8 Å². The predicted octanol–water partition coefficient (Wildman–Crippen LogP) is 3.65. The summed E-state index contributed by atoms with van der Waals surface area (Å²) in [6, 6.07) is 7.98. The number of carbonyl (C=O) groups excluding carboxylic acids is 1. The number of aromatic nitrogens is 3. The third-order valence-corrected chi connectivity index (χ3v) is 5.21. The lowest BCUT2D eigenvalue weighted by molar-refractivity contribution is 0.102. The average Bonchev–Trinajstić information content (AvgIpc) is 3.16. The molecule has 1 saturated carbocycles. The van der Waals surface area contributed by atoms with Gasteiger partial charge in [0.05, 0.1) is 5.69 Å². The number of rotatable bonds is 5. The van der Waals surface area contributed by atoms with Gasteiger partial charge in [0.1, 0.15) is 0 Å². The van der Waals surface area contributed by atoms with E-state index < -0.39 is 0 Å². The maximum Gasteiger partial charge on any atom is 0.278 e. The summed E-state index contributed by atoms with van der Waals surface area (Å²) >= 11 is 1.87. The second kappa shape index (κ2) is 6.96. The second-order valence-electron chi connectivity index (χ2n) is 5.70. The number of H-pyrrole nitrogens is 1. The van der Waals surface area contributed by atoms with Crippen molar-refractivity contribution in [2.75, 3.05) is 11.1 Å². The van der Waals surface area contributed by atoms with Gasteiger partial charge in [-0.25, -0.2) is 0 Å². The van der Waals surface area contributed by atoms with Crippen molar-refractivity contribution in [2.45, 2.75) is 37.5 Å². The van der Waals surface area contributed by atoms with Crippen molar-refractivity contribution in [3.63, 3.8) is 0 Å². The normalized spacial score (nSPS) is 15.1. The Bertz CT molecular complexity index is 649. The Morgan fingerprint density at radius 3 is 2.91 bits per heavy atom. The first-order valence-corrected chi connectivity index (χ1v) is 8.62. The number of amides is 1. The molecule has 0 aliphatic heterocycles. The molecule has 1 aromatic carbocycles. The second-order valence-corrected chi connectivity index (χ2v) is 6.79. The molecular formula is C16H20N4OS. The zero-order valence-corrected chi connectivity index (χ0v) is 13.4. The summed E-state index contributed by atoms with van der Waals surface area (Å²) in [7, 11) is 0. The Kier molecular flexibility index (Phi) is 4.77.